The summed E-state index contributed by atoms with van der Waals surface area (Å²) in [5.41, 5.74) is 9.86. The zero-order valence-corrected chi connectivity index (χ0v) is 35.3. The fourth-order valence-electron chi connectivity index (χ4n) is 7.14. The summed E-state index contributed by atoms with van der Waals surface area (Å²) >= 11 is 9.21. The van der Waals surface area contributed by atoms with Gasteiger partial charge in [0.1, 0.15) is 0 Å². The Kier molecular flexibility index (Phi) is 11.5. The van der Waals surface area contributed by atoms with E-state index in [4.69, 9.17) is 0 Å². The van der Waals surface area contributed by atoms with Crippen LogP contribution in [0.15, 0.2) is 203 Å². The van der Waals surface area contributed by atoms with E-state index in [1.54, 1.807) is 6.07 Å². The van der Waals surface area contributed by atoms with Gasteiger partial charge >= 0.3 is 7.12 Å². The SMILES string of the molecule is Brc1cccc(-c2ccc3c(c2)c2ccccc2n3-c2ccccc2)c1.Brc1cccc(I)c1.OB(O)c1ccc2c(c1)c1ccccc1n2-c1ccccc1. The van der Waals surface area contributed by atoms with Crippen molar-refractivity contribution in [2.75, 3.05) is 0 Å². The molecule has 10 rings (SSSR count). The first-order chi connectivity index (χ1) is 27.4. The Labute approximate surface area is 356 Å². The third-order valence-electron chi connectivity index (χ3n) is 9.64. The molecular weight excluding hydrogens is 934 g/mol. The van der Waals surface area contributed by atoms with E-state index in [9.17, 15) is 10.0 Å². The zero-order valence-electron chi connectivity index (χ0n) is 30.0. The van der Waals surface area contributed by atoms with Crippen molar-refractivity contribution in [3.05, 3.63) is 207 Å². The smallest absolute Gasteiger partial charge is 0.423 e. The molecule has 0 bridgehead atoms. The summed E-state index contributed by atoms with van der Waals surface area (Å²) < 4.78 is 8.04. The maximum absolute atomic E-state index is 9.43. The van der Waals surface area contributed by atoms with Crippen LogP contribution in [0.2, 0.25) is 0 Å². The Bertz CT molecular complexity index is 2930. The van der Waals surface area contributed by atoms with Gasteiger partial charge in [-0.2, -0.15) is 0 Å². The molecule has 0 radical (unpaired) electrons. The first kappa shape index (κ1) is 37.9. The van der Waals surface area contributed by atoms with E-state index in [-0.39, 0.29) is 0 Å². The van der Waals surface area contributed by atoms with E-state index in [0.29, 0.717) is 5.46 Å². The minimum atomic E-state index is -1.46. The van der Waals surface area contributed by atoms with Crippen molar-refractivity contribution >= 4 is 111 Å². The van der Waals surface area contributed by atoms with E-state index in [2.05, 4.69) is 197 Å². The standard InChI is InChI=1S/C24H16BrN.C18H14BNO2.C6H4BrI/c25-19-8-6-7-17(15-19)18-13-14-24-22(16-18)21-11-4-5-12-23(21)26(24)20-9-2-1-3-10-20;21-19(22)13-10-11-18-16(12-13)15-8-4-5-9-17(15)20(18)14-6-2-1-3-7-14;7-5-2-1-3-6(8)4-5/h1-16H;1-12,21-22H;1-4H. The van der Waals surface area contributed by atoms with Gasteiger partial charge in [0.25, 0.3) is 0 Å². The van der Waals surface area contributed by atoms with Crippen LogP contribution in [0.3, 0.4) is 0 Å². The molecule has 272 valence electrons. The van der Waals surface area contributed by atoms with Crippen LogP contribution in [0, 0.1) is 3.57 Å². The van der Waals surface area contributed by atoms with Crippen LogP contribution in [0.1, 0.15) is 0 Å². The molecule has 0 unspecified atom stereocenters. The second kappa shape index (κ2) is 17.0. The number of hydrogen-bond acceptors (Lipinski definition) is 2. The van der Waals surface area contributed by atoms with Gasteiger partial charge in [0.15, 0.2) is 0 Å². The summed E-state index contributed by atoms with van der Waals surface area (Å²) in [7, 11) is -1.46. The average Bonchev–Trinajstić information content (AvgIpc) is 3.74. The zero-order chi connectivity index (χ0) is 38.6. The van der Waals surface area contributed by atoms with E-state index in [0.717, 1.165) is 36.4 Å². The van der Waals surface area contributed by atoms with Crippen molar-refractivity contribution in [1.29, 1.82) is 0 Å². The Morgan fingerprint density at radius 2 is 0.857 bits per heavy atom. The summed E-state index contributed by atoms with van der Waals surface area (Å²) in [5.74, 6) is 0. The highest BCUT2D eigenvalue weighted by Gasteiger charge is 2.17. The van der Waals surface area contributed by atoms with Crippen molar-refractivity contribution < 1.29 is 10.0 Å². The van der Waals surface area contributed by atoms with Crippen molar-refractivity contribution in [2.24, 2.45) is 0 Å². The Morgan fingerprint density at radius 3 is 1.38 bits per heavy atom. The highest BCUT2D eigenvalue weighted by Crippen LogP contribution is 2.35. The van der Waals surface area contributed by atoms with Crippen molar-refractivity contribution in [3.63, 3.8) is 0 Å². The van der Waals surface area contributed by atoms with Gasteiger partial charge in [-0.1, -0.05) is 141 Å². The van der Waals surface area contributed by atoms with Gasteiger partial charge in [-0.3, -0.25) is 0 Å². The van der Waals surface area contributed by atoms with E-state index in [1.807, 2.05) is 54.6 Å². The van der Waals surface area contributed by atoms with Gasteiger partial charge < -0.3 is 19.2 Å². The minimum absolute atomic E-state index is 0.503. The summed E-state index contributed by atoms with van der Waals surface area (Å²) in [6.07, 6.45) is 0. The molecule has 56 heavy (non-hydrogen) atoms. The summed E-state index contributed by atoms with van der Waals surface area (Å²) in [4.78, 5) is 0. The Hall–Kier alpha value is -4.97. The lowest BCUT2D eigenvalue weighted by molar-refractivity contribution is 0.426. The fourth-order valence-corrected chi connectivity index (χ4v) is 8.91. The molecule has 0 spiro atoms. The number of fused-ring (bicyclic) bond motifs is 6. The van der Waals surface area contributed by atoms with Crippen molar-refractivity contribution in [2.45, 2.75) is 0 Å². The van der Waals surface area contributed by atoms with Crippen molar-refractivity contribution in [1.82, 2.24) is 9.13 Å². The average molecular weight is 968 g/mol. The molecule has 0 aliphatic heterocycles. The second-order valence-corrected chi connectivity index (χ2v) is 16.3. The number of rotatable bonds is 4. The lowest BCUT2D eigenvalue weighted by Gasteiger charge is -2.08. The van der Waals surface area contributed by atoms with Gasteiger partial charge in [0, 0.05) is 45.4 Å². The van der Waals surface area contributed by atoms with Gasteiger partial charge in [-0.15, -0.1) is 0 Å². The van der Waals surface area contributed by atoms with Gasteiger partial charge in [0.05, 0.1) is 22.1 Å². The molecule has 4 nitrogen and oxygen atoms in total. The summed E-state index contributed by atoms with van der Waals surface area (Å²) in [5, 5.41) is 23.5. The summed E-state index contributed by atoms with van der Waals surface area (Å²) in [6.45, 7) is 0. The summed E-state index contributed by atoms with van der Waals surface area (Å²) in [6, 6.07) is 66.4. The van der Waals surface area contributed by atoms with Crippen LogP contribution >= 0.6 is 54.5 Å². The number of halogens is 3. The van der Waals surface area contributed by atoms with Gasteiger partial charge in [-0.05, 0) is 124 Å². The number of aromatic nitrogens is 2. The first-order valence-electron chi connectivity index (χ1n) is 18.1. The van der Waals surface area contributed by atoms with Crippen LogP contribution in [0.4, 0.5) is 0 Å². The topological polar surface area (TPSA) is 50.3 Å². The lowest BCUT2D eigenvalue weighted by Crippen LogP contribution is -2.29. The normalized spacial score (nSPS) is 10.9. The molecule has 8 heteroatoms. The number of benzene rings is 8. The predicted molar refractivity (Wildman–Crippen MR) is 251 cm³/mol. The largest absolute Gasteiger partial charge is 0.488 e. The first-order valence-corrected chi connectivity index (χ1v) is 20.7. The quantitative estimate of drug-likeness (QED) is 0.136. The van der Waals surface area contributed by atoms with Crippen molar-refractivity contribution in [3.8, 4) is 22.5 Å². The molecule has 0 aliphatic rings. The lowest BCUT2D eigenvalue weighted by atomic mass is 9.80. The Balaban J connectivity index is 0.000000133. The van der Waals surface area contributed by atoms with Crippen LogP contribution < -0.4 is 5.46 Å². The molecule has 0 fully saturated rings. The second-order valence-electron chi connectivity index (χ2n) is 13.2. The third-order valence-corrected chi connectivity index (χ3v) is 11.3. The predicted octanol–water partition coefficient (Wildman–Crippen LogP) is 12.7. The van der Waals surface area contributed by atoms with Gasteiger partial charge in [0.2, 0.25) is 0 Å². The van der Waals surface area contributed by atoms with Crippen LogP contribution in [0.25, 0.3) is 66.1 Å². The molecule has 10 aromatic rings. The van der Waals surface area contributed by atoms with E-state index in [1.165, 1.54) is 42.2 Å². The minimum Gasteiger partial charge on any atom is -0.423 e. The van der Waals surface area contributed by atoms with Crippen LogP contribution in [0.5, 0.6) is 0 Å². The van der Waals surface area contributed by atoms with Crippen LogP contribution in [-0.4, -0.2) is 26.3 Å². The molecule has 2 aromatic heterocycles. The molecule has 0 atom stereocenters. The number of nitrogens with zero attached hydrogens (tertiary/aromatic N) is 2. The van der Waals surface area contributed by atoms with E-state index < -0.39 is 7.12 Å². The highest BCUT2D eigenvalue weighted by molar-refractivity contribution is 14.1. The van der Waals surface area contributed by atoms with Gasteiger partial charge in [-0.25, -0.2) is 0 Å². The molecule has 0 saturated carbocycles. The van der Waals surface area contributed by atoms with E-state index >= 15 is 0 Å². The molecule has 0 saturated heterocycles. The molecule has 2 N–H and O–H groups in total. The molecule has 2 heterocycles. The monoisotopic (exact) mass is 966 g/mol. The number of hydrogen-bond donors (Lipinski definition) is 2. The molecular formula is C48H34BBr2IN2O2. The molecule has 0 amide bonds. The maximum atomic E-state index is 9.43. The molecule has 8 aromatic carbocycles. The Morgan fingerprint density at radius 1 is 0.393 bits per heavy atom. The molecule has 0 aliphatic carbocycles. The number of para-hydroxylation sites is 4. The van der Waals surface area contributed by atoms with Crippen LogP contribution in [-0.2, 0) is 0 Å². The fraction of sp³-hybridized carbons (Fsp3) is 0. The maximum Gasteiger partial charge on any atom is 0.488 e. The highest BCUT2D eigenvalue weighted by atomic mass is 127. The third kappa shape index (κ3) is 7.98.